The van der Waals surface area contributed by atoms with E-state index in [4.69, 9.17) is 5.21 Å². The molecule has 2 N–H and O–H groups in total. The number of aromatic nitrogens is 3. The van der Waals surface area contributed by atoms with Gasteiger partial charge in [0.25, 0.3) is 5.91 Å². The third-order valence-electron chi connectivity index (χ3n) is 4.05. The molecule has 7 nitrogen and oxygen atoms in total. The van der Waals surface area contributed by atoms with E-state index >= 15 is 0 Å². The normalized spacial score (nSPS) is 10.9. The van der Waals surface area contributed by atoms with Gasteiger partial charge in [-0.25, -0.2) is 10.2 Å². The van der Waals surface area contributed by atoms with Gasteiger partial charge in [0.05, 0.1) is 12.7 Å². The predicted octanol–water partition coefficient (Wildman–Crippen LogP) is 2.58. The number of carbonyl (C=O) groups excluding carboxylic acids is 1. The first-order valence-corrected chi connectivity index (χ1v) is 8.44. The summed E-state index contributed by atoms with van der Waals surface area (Å²) in [5, 5.41) is 17.0. The molecule has 7 heteroatoms. The second-order valence-electron chi connectivity index (χ2n) is 6.30. The lowest BCUT2D eigenvalue weighted by Gasteiger charge is -2.11. The summed E-state index contributed by atoms with van der Waals surface area (Å²) in [5.74, 6) is -0.568. The van der Waals surface area contributed by atoms with E-state index in [1.54, 1.807) is 16.2 Å². The van der Waals surface area contributed by atoms with Gasteiger partial charge < -0.3 is 4.90 Å². The van der Waals surface area contributed by atoms with Gasteiger partial charge in [0.1, 0.15) is 5.69 Å². The lowest BCUT2D eigenvalue weighted by Crippen LogP contribution is -2.14. The SMILES string of the molecule is CN(C)c1ccc(-c2cn(Cc3cccc(C=CC(=O)NO)c3)nn2)cc1. The van der Waals surface area contributed by atoms with Crippen LogP contribution in [-0.2, 0) is 11.3 Å². The summed E-state index contributed by atoms with van der Waals surface area (Å²) in [6.07, 6.45) is 4.81. The zero-order chi connectivity index (χ0) is 19.2. The first kappa shape index (κ1) is 18.3. The Morgan fingerprint density at radius 2 is 2.00 bits per heavy atom. The zero-order valence-electron chi connectivity index (χ0n) is 15.2. The molecule has 3 aromatic rings. The van der Waals surface area contributed by atoms with Crippen molar-refractivity contribution in [3.63, 3.8) is 0 Å². The number of hydrogen-bond donors (Lipinski definition) is 2. The van der Waals surface area contributed by atoms with Crippen LogP contribution in [0.25, 0.3) is 17.3 Å². The quantitative estimate of drug-likeness (QED) is 0.400. The van der Waals surface area contributed by atoms with Gasteiger partial charge in [-0.2, -0.15) is 0 Å². The minimum Gasteiger partial charge on any atom is -0.378 e. The zero-order valence-corrected chi connectivity index (χ0v) is 15.2. The average molecular weight is 363 g/mol. The molecule has 0 radical (unpaired) electrons. The van der Waals surface area contributed by atoms with Crippen LogP contribution >= 0.6 is 0 Å². The summed E-state index contributed by atoms with van der Waals surface area (Å²) in [4.78, 5) is 13.1. The number of hydrogen-bond acceptors (Lipinski definition) is 5. The van der Waals surface area contributed by atoms with Crippen LogP contribution < -0.4 is 10.4 Å². The minimum atomic E-state index is -0.568. The van der Waals surface area contributed by atoms with Crippen LogP contribution in [0, 0.1) is 0 Å². The topological polar surface area (TPSA) is 83.3 Å². The molecule has 1 heterocycles. The third-order valence-corrected chi connectivity index (χ3v) is 4.05. The smallest absolute Gasteiger partial charge is 0.267 e. The van der Waals surface area contributed by atoms with Crippen LogP contribution in [-0.4, -0.2) is 40.2 Å². The maximum Gasteiger partial charge on any atom is 0.267 e. The molecule has 0 saturated carbocycles. The molecular formula is C20H21N5O2. The van der Waals surface area contributed by atoms with Crippen LogP contribution in [0.15, 0.2) is 60.8 Å². The molecule has 138 valence electrons. The molecule has 2 aromatic carbocycles. The predicted molar refractivity (Wildman–Crippen MR) is 104 cm³/mol. The fourth-order valence-electron chi connectivity index (χ4n) is 2.63. The van der Waals surface area contributed by atoms with Gasteiger partial charge in [0.15, 0.2) is 0 Å². The van der Waals surface area contributed by atoms with Crippen LogP contribution in [0.3, 0.4) is 0 Å². The van der Waals surface area contributed by atoms with Crippen molar-refractivity contribution in [1.29, 1.82) is 0 Å². The average Bonchev–Trinajstić information content (AvgIpc) is 3.15. The molecule has 0 bridgehead atoms. The van der Waals surface area contributed by atoms with E-state index in [0.29, 0.717) is 6.54 Å². The molecule has 0 atom stereocenters. The molecule has 0 aliphatic rings. The number of anilines is 1. The maximum atomic E-state index is 11.1. The lowest BCUT2D eigenvalue weighted by molar-refractivity contribution is -0.124. The molecule has 0 aliphatic carbocycles. The van der Waals surface area contributed by atoms with Gasteiger partial charge >= 0.3 is 0 Å². The Kier molecular flexibility index (Phi) is 5.63. The molecule has 1 amide bonds. The largest absolute Gasteiger partial charge is 0.378 e. The van der Waals surface area contributed by atoms with Crippen LogP contribution in [0.2, 0.25) is 0 Å². The molecule has 27 heavy (non-hydrogen) atoms. The van der Waals surface area contributed by atoms with E-state index < -0.39 is 5.91 Å². The lowest BCUT2D eigenvalue weighted by atomic mass is 10.1. The van der Waals surface area contributed by atoms with Crippen LogP contribution in [0.4, 0.5) is 5.69 Å². The number of rotatable bonds is 6. The van der Waals surface area contributed by atoms with Crippen molar-refractivity contribution in [3.05, 3.63) is 71.9 Å². The van der Waals surface area contributed by atoms with Crippen molar-refractivity contribution in [1.82, 2.24) is 20.5 Å². The summed E-state index contributed by atoms with van der Waals surface area (Å²) in [6.45, 7) is 0.566. The number of hydroxylamine groups is 1. The van der Waals surface area contributed by atoms with Crippen molar-refractivity contribution in [3.8, 4) is 11.3 Å². The van der Waals surface area contributed by atoms with E-state index in [-0.39, 0.29) is 0 Å². The number of carbonyl (C=O) groups is 1. The molecule has 3 rings (SSSR count). The van der Waals surface area contributed by atoms with E-state index in [0.717, 1.165) is 28.1 Å². The van der Waals surface area contributed by atoms with Crippen molar-refractivity contribution >= 4 is 17.7 Å². The summed E-state index contributed by atoms with van der Waals surface area (Å²) < 4.78 is 1.78. The molecule has 0 saturated heterocycles. The Balaban J connectivity index is 1.72. The van der Waals surface area contributed by atoms with Gasteiger partial charge in [-0.15, -0.1) is 5.10 Å². The summed E-state index contributed by atoms with van der Waals surface area (Å²) in [5.41, 5.74) is 6.41. The number of benzene rings is 2. The summed E-state index contributed by atoms with van der Waals surface area (Å²) in [7, 11) is 4.01. The maximum absolute atomic E-state index is 11.1. The van der Waals surface area contributed by atoms with Crippen LogP contribution in [0.5, 0.6) is 0 Å². The highest BCUT2D eigenvalue weighted by molar-refractivity contribution is 5.90. The van der Waals surface area contributed by atoms with E-state index in [2.05, 4.69) is 10.3 Å². The fourth-order valence-corrected chi connectivity index (χ4v) is 2.63. The second kappa shape index (κ2) is 8.29. The van der Waals surface area contributed by atoms with Gasteiger partial charge in [-0.3, -0.25) is 10.0 Å². The minimum absolute atomic E-state index is 0.566. The second-order valence-corrected chi connectivity index (χ2v) is 6.30. The van der Waals surface area contributed by atoms with Crippen molar-refractivity contribution in [2.45, 2.75) is 6.54 Å². The molecule has 0 aliphatic heterocycles. The third kappa shape index (κ3) is 4.80. The van der Waals surface area contributed by atoms with Gasteiger partial charge in [-0.1, -0.05) is 35.5 Å². The van der Waals surface area contributed by atoms with Crippen molar-refractivity contribution < 1.29 is 10.0 Å². The Morgan fingerprint density at radius 3 is 2.70 bits per heavy atom. The molecule has 0 fully saturated rings. The highest BCUT2D eigenvalue weighted by Crippen LogP contribution is 2.20. The Hall–Kier alpha value is -3.45. The van der Waals surface area contributed by atoms with Crippen LogP contribution in [0.1, 0.15) is 11.1 Å². The molecule has 1 aromatic heterocycles. The van der Waals surface area contributed by atoms with Crippen molar-refractivity contribution in [2.24, 2.45) is 0 Å². The molecular weight excluding hydrogens is 342 g/mol. The molecule has 0 unspecified atom stereocenters. The summed E-state index contributed by atoms with van der Waals surface area (Å²) in [6, 6.07) is 15.9. The fraction of sp³-hybridized carbons (Fsp3) is 0.150. The first-order valence-electron chi connectivity index (χ1n) is 8.44. The van der Waals surface area contributed by atoms with Crippen molar-refractivity contribution in [2.75, 3.05) is 19.0 Å². The van der Waals surface area contributed by atoms with Gasteiger partial charge in [0.2, 0.25) is 0 Å². The van der Waals surface area contributed by atoms with E-state index in [9.17, 15) is 4.79 Å². The number of amides is 1. The highest BCUT2D eigenvalue weighted by Gasteiger charge is 2.05. The summed E-state index contributed by atoms with van der Waals surface area (Å²) >= 11 is 0. The Bertz CT molecular complexity index is 945. The Morgan fingerprint density at radius 1 is 1.22 bits per heavy atom. The van der Waals surface area contributed by atoms with Gasteiger partial charge in [0, 0.05) is 31.4 Å². The first-order chi connectivity index (χ1) is 13.0. The standard InChI is InChI=1S/C20H21N5O2/c1-24(2)18-9-7-17(8-10-18)19-14-25(23-21-19)13-16-5-3-4-15(12-16)6-11-20(26)22-27/h3-12,14,27H,13H2,1-2H3,(H,22,26). The Labute approximate surface area is 157 Å². The van der Waals surface area contributed by atoms with E-state index in [1.165, 1.54) is 6.08 Å². The molecule has 0 spiro atoms. The number of nitrogens with zero attached hydrogens (tertiary/aromatic N) is 4. The van der Waals surface area contributed by atoms with Gasteiger partial charge in [-0.05, 0) is 35.4 Å². The monoisotopic (exact) mass is 363 g/mol. The highest BCUT2D eigenvalue weighted by atomic mass is 16.5. The number of nitrogens with one attached hydrogen (secondary N) is 1. The van der Waals surface area contributed by atoms with E-state index in [1.807, 2.05) is 73.7 Å².